The van der Waals surface area contributed by atoms with Crippen LogP contribution in [0, 0.1) is 13.7 Å². The molecule has 92 valence electrons. The van der Waals surface area contributed by atoms with Crippen LogP contribution in [0.1, 0.15) is 17.7 Å². The van der Waals surface area contributed by atoms with E-state index < -0.39 is 35.3 Å². The Kier molecular flexibility index (Phi) is 4.26. The van der Waals surface area contributed by atoms with E-state index >= 15 is 0 Å². The van der Waals surface area contributed by atoms with E-state index in [0.29, 0.717) is 0 Å². The maximum atomic E-state index is 12.4. The maximum absolute atomic E-state index is 12.4. The lowest BCUT2D eigenvalue weighted by Gasteiger charge is -2.04. The van der Waals surface area contributed by atoms with Crippen molar-refractivity contribution in [1.29, 1.82) is 0 Å². The molecule has 1 aromatic rings. The van der Waals surface area contributed by atoms with Gasteiger partial charge in [0.2, 0.25) is 5.69 Å². The molecule has 6 nitrogen and oxygen atoms in total. The third kappa shape index (κ3) is 3.28. The van der Waals surface area contributed by atoms with Crippen LogP contribution >= 0.6 is 22.6 Å². The van der Waals surface area contributed by atoms with Gasteiger partial charge in [0.25, 0.3) is 0 Å². The molecule has 1 heterocycles. The monoisotopic (exact) mass is 358 g/mol. The summed E-state index contributed by atoms with van der Waals surface area (Å²) in [5, 5.41) is 19.1. The quantitative estimate of drug-likeness (QED) is 0.506. The zero-order chi connectivity index (χ0) is 13.2. The smallest absolute Gasteiger partial charge is 0.377 e. The standard InChI is InChI=1S/C8H5F2IN2O4/c9-7(10)4-1-3(2-5(14)15)6(11)8(12-4)13(16)17/h1,7H,2H2,(H,14,15). The van der Waals surface area contributed by atoms with Crippen LogP contribution < -0.4 is 0 Å². The van der Waals surface area contributed by atoms with Crippen molar-refractivity contribution in [2.45, 2.75) is 12.8 Å². The van der Waals surface area contributed by atoms with E-state index in [0.717, 1.165) is 6.07 Å². The predicted octanol–water partition coefficient (Wildman–Crippen LogP) is 2.16. The van der Waals surface area contributed by atoms with Crippen LogP contribution in [0.15, 0.2) is 6.07 Å². The van der Waals surface area contributed by atoms with Crippen molar-refractivity contribution < 1.29 is 23.6 Å². The van der Waals surface area contributed by atoms with E-state index in [2.05, 4.69) is 4.98 Å². The first-order valence-electron chi connectivity index (χ1n) is 4.16. The molecule has 0 saturated carbocycles. The number of aromatic nitrogens is 1. The normalized spacial score (nSPS) is 10.6. The Bertz CT molecular complexity index is 481. The van der Waals surface area contributed by atoms with Crippen LogP contribution in [0.4, 0.5) is 14.6 Å². The molecule has 1 N–H and O–H groups in total. The molecule has 0 unspecified atom stereocenters. The molecule has 0 spiro atoms. The van der Waals surface area contributed by atoms with Crippen LogP contribution in [-0.4, -0.2) is 21.0 Å². The average Bonchev–Trinajstić information content (AvgIpc) is 2.19. The van der Waals surface area contributed by atoms with Gasteiger partial charge in [-0.2, -0.15) is 0 Å². The van der Waals surface area contributed by atoms with Crippen molar-refractivity contribution in [2.24, 2.45) is 0 Å². The van der Waals surface area contributed by atoms with E-state index in [9.17, 15) is 23.7 Å². The summed E-state index contributed by atoms with van der Waals surface area (Å²) >= 11 is 1.52. The number of carboxylic acids is 1. The van der Waals surface area contributed by atoms with E-state index in [-0.39, 0.29) is 9.13 Å². The Hall–Kier alpha value is -1.39. The van der Waals surface area contributed by atoms with Gasteiger partial charge in [-0.25, -0.2) is 8.78 Å². The summed E-state index contributed by atoms with van der Waals surface area (Å²) in [6, 6.07) is 0.869. The molecule has 0 amide bonds. The molecule has 0 aromatic carbocycles. The number of halogens is 3. The molecule has 9 heteroatoms. The van der Waals surface area contributed by atoms with Gasteiger partial charge >= 0.3 is 18.2 Å². The minimum absolute atomic E-state index is 0.0422. The molecule has 0 aliphatic rings. The van der Waals surface area contributed by atoms with Gasteiger partial charge in [0.1, 0.15) is 3.57 Å². The van der Waals surface area contributed by atoms with Crippen molar-refractivity contribution in [1.82, 2.24) is 4.98 Å². The van der Waals surface area contributed by atoms with Gasteiger partial charge in [-0.1, -0.05) is 0 Å². The van der Waals surface area contributed by atoms with Crippen molar-refractivity contribution in [3.63, 3.8) is 0 Å². The Labute approximate surface area is 107 Å². The third-order valence-electron chi connectivity index (χ3n) is 1.77. The fourth-order valence-corrected chi connectivity index (χ4v) is 1.78. The molecule has 0 aliphatic carbocycles. The molecular formula is C8H5F2IN2O4. The molecule has 1 aromatic heterocycles. The predicted molar refractivity (Wildman–Crippen MR) is 59.9 cm³/mol. The van der Waals surface area contributed by atoms with E-state index in [1.807, 2.05) is 0 Å². The van der Waals surface area contributed by atoms with Gasteiger partial charge in [-0.05, 0) is 44.1 Å². The van der Waals surface area contributed by atoms with Crippen molar-refractivity contribution in [3.05, 3.63) is 31.0 Å². The first-order chi connectivity index (χ1) is 7.82. The minimum atomic E-state index is -2.99. The molecule has 0 aliphatic heterocycles. The lowest BCUT2D eigenvalue weighted by Crippen LogP contribution is -2.08. The Morgan fingerprint density at radius 3 is 2.65 bits per heavy atom. The maximum Gasteiger partial charge on any atom is 0.377 e. The number of nitrogens with zero attached hydrogens (tertiary/aromatic N) is 2. The zero-order valence-electron chi connectivity index (χ0n) is 8.06. The highest BCUT2D eigenvalue weighted by Gasteiger charge is 2.25. The number of hydrogen-bond donors (Lipinski definition) is 1. The van der Waals surface area contributed by atoms with E-state index in [1.54, 1.807) is 0 Å². The largest absolute Gasteiger partial charge is 0.481 e. The van der Waals surface area contributed by atoms with Crippen LogP contribution in [0.3, 0.4) is 0 Å². The lowest BCUT2D eigenvalue weighted by molar-refractivity contribution is -0.390. The first-order valence-corrected chi connectivity index (χ1v) is 5.24. The molecule has 0 bridgehead atoms. The molecule has 1 rings (SSSR count). The zero-order valence-corrected chi connectivity index (χ0v) is 10.2. The lowest BCUT2D eigenvalue weighted by atomic mass is 10.1. The highest BCUT2D eigenvalue weighted by Crippen LogP contribution is 2.27. The van der Waals surface area contributed by atoms with Crippen LogP contribution in [-0.2, 0) is 11.2 Å². The summed E-state index contributed by atoms with van der Waals surface area (Å²) in [6.45, 7) is 0. The fraction of sp³-hybridized carbons (Fsp3) is 0.250. The number of aliphatic carboxylic acids is 1. The topological polar surface area (TPSA) is 93.3 Å². The fourth-order valence-electron chi connectivity index (χ4n) is 1.11. The van der Waals surface area contributed by atoms with Gasteiger partial charge in [0.15, 0.2) is 0 Å². The van der Waals surface area contributed by atoms with E-state index in [1.165, 1.54) is 22.6 Å². The summed E-state index contributed by atoms with van der Waals surface area (Å²) in [5.41, 5.74) is -0.844. The summed E-state index contributed by atoms with van der Waals surface area (Å²) in [7, 11) is 0. The van der Waals surface area contributed by atoms with Gasteiger partial charge in [0.05, 0.1) is 6.42 Å². The van der Waals surface area contributed by atoms with Crippen LogP contribution in [0.2, 0.25) is 0 Å². The van der Waals surface area contributed by atoms with Crippen LogP contribution in [0.5, 0.6) is 0 Å². The van der Waals surface area contributed by atoms with Gasteiger partial charge in [0, 0.05) is 0 Å². The Balaban J connectivity index is 3.37. The summed E-state index contributed by atoms with van der Waals surface area (Å²) in [4.78, 5) is 23.4. The van der Waals surface area contributed by atoms with Crippen molar-refractivity contribution >= 4 is 34.4 Å². The van der Waals surface area contributed by atoms with Gasteiger partial charge in [-0.15, -0.1) is 0 Å². The SMILES string of the molecule is O=C(O)Cc1cc(C(F)F)nc([N+](=O)[O-])c1I. The van der Waals surface area contributed by atoms with Gasteiger partial charge < -0.3 is 15.2 Å². The number of hydrogen-bond acceptors (Lipinski definition) is 4. The van der Waals surface area contributed by atoms with Crippen molar-refractivity contribution in [3.8, 4) is 0 Å². The highest BCUT2D eigenvalue weighted by molar-refractivity contribution is 14.1. The minimum Gasteiger partial charge on any atom is -0.481 e. The number of rotatable bonds is 4. The van der Waals surface area contributed by atoms with Gasteiger partial charge in [-0.3, -0.25) is 4.79 Å². The molecule has 0 radical (unpaired) electrons. The highest BCUT2D eigenvalue weighted by atomic mass is 127. The Morgan fingerprint density at radius 2 is 2.24 bits per heavy atom. The number of pyridine rings is 1. The first kappa shape index (κ1) is 13.7. The molecule has 0 fully saturated rings. The summed E-state index contributed by atoms with van der Waals surface area (Å²) in [6.07, 6.45) is -3.56. The second-order valence-corrected chi connectivity index (χ2v) is 4.05. The number of carboxylic acid groups (broad SMARTS) is 1. The van der Waals surface area contributed by atoms with Crippen molar-refractivity contribution in [2.75, 3.05) is 0 Å². The summed E-state index contributed by atoms with van der Waals surface area (Å²) in [5.74, 6) is -2.01. The molecule has 17 heavy (non-hydrogen) atoms. The number of nitro groups is 1. The third-order valence-corrected chi connectivity index (χ3v) is 2.95. The van der Waals surface area contributed by atoms with Crippen LogP contribution in [0.25, 0.3) is 0 Å². The molecular weight excluding hydrogens is 353 g/mol. The average molecular weight is 358 g/mol. The number of carbonyl (C=O) groups is 1. The number of alkyl halides is 2. The molecule has 0 saturated heterocycles. The van der Waals surface area contributed by atoms with E-state index in [4.69, 9.17) is 5.11 Å². The Morgan fingerprint density at radius 1 is 1.65 bits per heavy atom. The summed E-state index contributed by atoms with van der Waals surface area (Å²) < 4.78 is 24.8. The second-order valence-electron chi connectivity index (χ2n) is 2.97. The molecule has 0 atom stereocenters. The second kappa shape index (κ2) is 5.29.